The molecule has 0 aromatic heterocycles. The molecule has 134 valence electrons. The van der Waals surface area contributed by atoms with Crippen molar-refractivity contribution in [3.63, 3.8) is 0 Å². The summed E-state index contributed by atoms with van der Waals surface area (Å²) in [6, 6.07) is 7.82. The molecule has 0 bridgehead atoms. The zero-order valence-corrected chi connectivity index (χ0v) is 15.0. The van der Waals surface area contributed by atoms with Crippen LogP contribution in [0, 0.1) is 5.92 Å². The van der Waals surface area contributed by atoms with E-state index in [4.69, 9.17) is 4.74 Å². The van der Waals surface area contributed by atoms with Crippen LogP contribution < -0.4 is 10.2 Å². The van der Waals surface area contributed by atoms with Crippen LogP contribution in [-0.2, 0) is 9.53 Å². The lowest BCUT2D eigenvalue weighted by Gasteiger charge is -2.33. The van der Waals surface area contributed by atoms with Crippen LogP contribution in [0.2, 0.25) is 0 Å². The van der Waals surface area contributed by atoms with Gasteiger partial charge in [-0.25, -0.2) is 0 Å². The highest BCUT2D eigenvalue weighted by Crippen LogP contribution is 2.28. The molecule has 1 fully saturated rings. The number of anilines is 2. The number of ether oxygens (including phenoxy) is 1. The quantitative estimate of drug-likeness (QED) is 0.804. The Hall–Kier alpha value is -1.59. The number of piperidine rings is 1. The Morgan fingerprint density at radius 1 is 1.29 bits per heavy atom. The van der Waals surface area contributed by atoms with Gasteiger partial charge in [-0.2, -0.15) is 0 Å². The third-order valence-electron chi connectivity index (χ3n) is 4.40. The summed E-state index contributed by atoms with van der Waals surface area (Å²) >= 11 is 0. The summed E-state index contributed by atoms with van der Waals surface area (Å²) in [6.45, 7) is 8.26. The predicted octanol–water partition coefficient (Wildman–Crippen LogP) is 3.04. The van der Waals surface area contributed by atoms with Gasteiger partial charge in [0.15, 0.2) is 0 Å². The first-order valence-electron chi connectivity index (χ1n) is 8.92. The average Bonchev–Trinajstić information content (AvgIpc) is 2.55. The SMILES string of the molecule is CC(C)CCOC(C)C(=O)Nc1ccccc1N1CCC(O)CC1. The van der Waals surface area contributed by atoms with Crippen molar-refractivity contribution < 1.29 is 14.6 Å². The molecular formula is C19H30N2O3. The highest BCUT2D eigenvalue weighted by atomic mass is 16.5. The van der Waals surface area contributed by atoms with Gasteiger partial charge in [0.05, 0.1) is 17.5 Å². The fraction of sp³-hybridized carbons (Fsp3) is 0.632. The molecule has 0 saturated carbocycles. The number of rotatable bonds is 7. The number of carbonyl (C=O) groups excluding carboxylic acids is 1. The molecule has 0 spiro atoms. The van der Waals surface area contributed by atoms with Crippen LogP contribution in [-0.4, -0.2) is 42.9 Å². The number of para-hydroxylation sites is 2. The Balaban J connectivity index is 1.95. The van der Waals surface area contributed by atoms with Crippen LogP contribution in [0.4, 0.5) is 11.4 Å². The summed E-state index contributed by atoms with van der Waals surface area (Å²) < 4.78 is 5.63. The van der Waals surface area contributed by atoms with Gasteiger partial charge < -0.3 is 20.1 Å². The zero-order valence-electron chi connectivity index (χ0n) is 15.0. The van der Waals surface area contributed by atoms with Crippen molar-refractivity contribution in [1.29, 1.82) is 0 Å². The summed E-state index contributed by atoms with van der Waals surface area (Å²) in [5.74, 6) is 0.443. The Labute approximate surface area is 145 Å². The van der Waals surface area contributed by atoms with Gasteiger partial charge in [0.25, 0.3) is 5.91 Å². The van der Waals surface area contributed by atoms with Crippen LogP contribution in [0.5, 0.6) is 0 Å². The molecule has 24 heavy (non-hydrogen) atoms. The number of nitrogens with one attached hydrogen (secondary N) is 1. The number of amides is 1. The zero-order chi connectivity index (χ0) is 17.5. The van der Waals surface area contributed by atoms with Crippen molar-refractivity contribution in [2.45, 2.75) is 52.2 Å². The van der Waals surface area contributed by atoms with E-state index in [9.17, 15) is 9.90 Å². The van der Waals surface area contributed by atoms with Gasteiger partial charge in [-0.3, -0.25) is 4.79 Å². The summed E-state index contributed by atoms with van der Waals surface area (Å²) in [5, 5.41) is 12.7. The number of benzene rings is 1. The minimum atomic E-state index is -0.472. The summed E-state index contributed by atoms with van der Waals surface area (Å²) in [4.78, 5) is 14.6. The number of hydrogen-bond acceptors (Lipinski definition) is 4. The molecule has 1 aromatic rings. The summed E-state index contributed by atoms with van der Waals surface area (Å²) in [6.07, 6.45) is 1.79. The largest absolute Gasteiger partial charge is 0.393 e. The highest BCUT2D eigenvalue weighted by Gasteiger charge is 2.21. The monoisotopic (exact) mass is 334 g/mol. The molecule has 0 aliphatic carbocycles. The number of hydrogen-bond donors (Lipinski definition) is 2. The van der Waals surface area contributed by atoms with E-state index < -0.39 is 6.10 Å². The second-order valence-electron chi connectivity index (χ2n) is 6.92. The Kier molecular flexibility index (Phi) is 7.06. The average molecular weight is 334 g/mol. The molecule has 1 saturated heterocycles. The third-order valence-corrected chi connectivity index (χ3v) is 4.40. The Bertz CT molecular complexity index is 525. The third kappa shape index (κ3) is 5.49. The van der Waals surface area contributed by atoms with Crippen molar-refractivity contribution in [3.8, 4) is 0 Å². The number of carbonyl (C=O) groups is 1. The van der Waals surface area contributed by atoms with Gasteiger partial charge in [0, 0.05) is 19.7 Å². The summed E-state index contributed by atoms with van der Waals surface area (Å²) in [7, 11) is 0. The molecule has 5 nitrogen and oxygen atoms in total. The van der Waals surface area contributed by atoms with Crippen LogP contribution in [0.3, 0.4) is 0 Å². The number of aliphatic hydroxyl groups excluding tert-OH is 1. The van der Waals surface area contributed by atoms with E-state index in [0.29, 0.717) is 12.5 Å². The molecule has 1 heterocycles. The molecule has 2 N–H and O–H groups in total. The molecule has 1 aliphatic heterocycles. The van der Waals surface area contributed by atoms with Gasteiger partial charge in [-0.15, -0.1) is 0 Å². The second-order valence-corrected chi connectivity index (χ2v) is 6.92. The molecule has 5 heteroatoms. The van der Waals surface area contributed by atoms with Crippen molar-refractivity contribution in [1.82, 2.24) is 0 Å². The molecule has 1 atom stereocenters. The number of aliphatic hydroxyl groups is 1. The van der Waals surface area contributed by atoms with E-state index >= 15 is 0 Å². The van der Waals surface area contributed by atoms with E-state index in [1.165, 1.54) is 0 Å². The van der Waals surface area contributed by atoms with E-state index in [0.717, 1.165) is 43.7 Å². The van der Waals surface area contributed by atoms with Crippen molar-refractivity contribution >= 4 is 17.3 Å². The fourth-order valence-corrected chi connectivity index (χ4v) is 2.75. The minimum absolute atomic E-state index is 0.122. The first-order valence-corrected chi connectivity index (χ1v) is 8.92. The van der Waals surface area contributed by atoms with Gasteiger partial charge in [-0.05, 0) is 44.2 Å². The topological polar surface area (TPSA) is 61.8 Å². The molecule has 1 aliphatic rings. The maximum atomic E-state index is 12.4. The van der Waals surface area contributed by atoms with E-state index in [1.54, 1.807) is 6.92 Å². The van der Waals surface area contributed by atoms with Crippen LogP contribution in [0.25, 0.3) is 0 Å². The molecule has 2 rings (SSSR count). The first-order chi connectivity index (χ1) is 11.5. The van der Waals surface area contributed by atoms with Gasteiger partial charge in [0.2, 0.25) is 0 Å². The molecular weight excluding hydrogens is 304 g/mol. The molecule has 1 unspecified atom stereocenters. The Morgan fingerprint density at radius 2 is 1.96 bits per heavy atom. The van der Waals surface area contributed by atoms with E-state index in [2.05, 4.69) is 24.1 Å². The second kappa shape index (κ2) is 9.04. The van der Waals surface area contributed by atoms with E-state index in [1.807, 2.05) is 24.3 Å². The van der Waals surface area contributed by atoms with Crippen LogP contribution >= 0.6 is 0 Å². The van der Waals surface area contributed by atoms with E-state index in [-0.39, 0.29) is 12.0 Å². The van der Waals surface area contributed by atoms with Crippen molar-refractivity contribution in [2.75, 3.05) is 29.9 Å². The normalized spacial score (nSPS) is 17.1. The minimum Gasteiger partial charge on any atom is -0.393 e. The van der Waals surface area contributed by atoms with Gasteiger partial charge >= 0.3 is 0 Å². The standard InChI is InChI=1S/C19H30N2O3/c1-14(2)10-13-24-15(3)19(23)20-17-6-4-5-7-18(17)21-11-8-16(22)9-12-21/h4-7,14-16,22H,8-13H2,1-3H3,(H,20,23). The van der Waals surface area contributed by atoms with Crippen LogP contribution in [0.15, 0.2) is 24.3 Å². The predicted molar refractivity (Wildman–Crippen MR) is 97.4 cm³/mol. The molecule has 0 radical (unpaired) electrons. The molecule has 1 amide bonds. The van der Waals surface area contributed by atoms with Gasteiger partial charge in [-0.1, -0.05) is 26.0 Å². The van der Waals surface area contributed by atoms with Crippen molar-refractivity contribution in [2.24, 2.45) is 5.92 Å². The van der Waals surface area contributed by atoms with Crippen LogP contribution in [0.1, 0.15) is 40.0 Å². The smallest absolute Gasteiger partial charge is 0.253 e. The lowest BCUT2D eigenvalue weighted by molar-refractivity contribution is -0.126. The summed E-state index contributed by atoms with van der Waals surface area (Å²) in [5.41, 5.74) is 1.81. The highest BCUT2D eigenvalue weighted by molar-refractivity contribution is 5.97. The van der Waals surface area contributed by atoms with Crippen molar-refractivity contribution in [3.05, 3.63) is 24.3 Å². The fourth-order valence-electron chi connectivity index (χ4n) is 2.75. The lowest BCUT2D eigenvalue weighted by Crippen LogP contribution is -2.36. The maximum absolute atomic E-state index is 12.4. The first kappa shape index (κ1) is 18.7. The lowest BCUT2D eigenvalue weighted by atomic mass is 10.1. The molecule has 1 aromatic carbocycles. The number of nitrogens with zero attached hydrogens (tertiary/aromatic N) is 1. The maximum Gasteiger partial charge on any atom is 0.253 e. The van der Waals surface area contributed by atoms with Gasteiger partial charge in [0.1, 0.15) is 6.10 Å². The Morgan fingerprint density at radius 3 is 2.62 bits per heavy atom.